The molecule has 0 aliphatic rings. The Balaban J connectivity index is 2.54. The van der Waals surface area contributed by atoms with E-state index in [0.717, 1.165) is 23.8 Å². The molecule has 5 heteroatoms. The van der Waals surface area contributed by atoms with Crippen molar-refractivity contribution >= 4 is 5.78 Å². The molecule has 0 fully saturated rings. The summed E-state index contributed by atoms with van der Waals surface area (Å²) in [4.78, 5) is 25.3. The third kappa shape index (κ3) is 3.80. The van der Waals surface area contributed by atoms with E-state index in [9.17, 15) is 20.0 Å². The van der Waals surface area contributed by atoms with Gasteiger partial charge in [0.25, 0.3) is 5.56 Å². The van der Waals surface area contributed by atoms with Gasteiger partial charge >= 0.3 is 0 Å². The first kappa shape index (κ1) is 18.5. The zero-order valence-electron chi connectivity index (χ0n) is 14.6. The van der Waals surface area contributed by atoms with Crippen molar-refractivity contribution in [3.05, 3.63) is 62.9 Å². The van der Waals surface area contributed by atoms with Crippen LogP contribution in [0.4, 0.5) is 0 Å². The fraction of sp³-hybridized carbons (Fsp3) is 0.350. The summed E-state index contributed by atoms with van der Waals surface area (Å²) < 4.78 is 1.15. The lowest BCUT2D eigenvalue weighted by Gasteiger charge is -2.15. The highest BCUT2D eigenvalue weighted by atomic mass is 16.3. The molecule has 25 heavy (non-hydrogen) atoms. The number of carbonyl (C=O) groups excluding carboxylic acids is 1. The van der Waals surface area contributed by atoms with Gasteiger partial charge in [0, 0.05) is 12.1 Å². The zero-order chi connectivity index (χ0) is 18.4. The quantitative estimate of drug-likeness (QED) is 0.618. The first-order valence-corrected chi connectivity index (χ1v) is 8.49. The molecule has 0 saturated carbocycles. The van der Waals surface area contributed by atoms with Crippen LogP contribution in [0, 0.1) is 18.3 Å². The van der Waals surface area contributed by atoms with Crippen LogP contribution in [0.15, 0.2) is 35.1 Å². The summed E-state index contributed by atoms with van der Waals surface area (Å²) in [6.07, 6.45) is 3.70. The molecule has 1 N–H and O–H groups in total. The average molecular weight is 338 g/mol. The summed E-state index contributed by atoms with van der Waals surface area (Å²) in [7, 11) is 0. The van der Waals surface area contributed by atoms with Crippen molar-refractivity contribution in [1.82, 2.24) is 4.57 Å². The molecule has 1 aromatic heterocycles. The minimum absolute atomic E-state index is 0.0258. The van der Waals surface area contributed by atoms with Gasteiger partial charge in [-0.3, -0.25) is 14.2 Å². The molecule has 1 aromatic carbocycles. The predicted octanol–water partition coefficient (Wildman–Crippen LogP) is 3.55. The van der Waals surface area contributed by atoms with Crippen LogP contribution in [0.5, 0.6) is 5.88 Å². The highest BCUT2D eigenvalue weighted by Crippen LogP contribution is 2.25. The smallest absolute Gasteiger partial charge is 0.271 e. The van der Waals surface area contributed by atoms with Gasteiger partial charge in [-0.2, -0.15) is 5.26 Å². The maximum absolute atomic E-state index is 12.8. The summed E-state index contributed by atoms with van der Waals surface area (Å²) in [6, 6.07) is 10.4. The van der Waals surface area contributed by atoms with Crippen LogP contribution >= 0.6 is 0 Å². The lowest BCUT2D eigenvalue weighted by molar-refractivity contribution is 0.103. The lowest BCUT2D eigenvalue weighted by Crippen LogP contribution is -2.27. The fourth-order valence-electron chi connectivity index (χ4n) is 2.86. The Kier molecular flexibility index (Phi) is 6.13. The van der Waals surface area contributed by atoms with E-state index >= 15 is 0 Å². The summed E-state index contributed by atoms with van der Waals surface area (Å²) in [5, 5.41) is 19.9. The number of rotatable bonds is 7. The van der Waals surface area contributed by atoms with Crippen LogP contribution in [0.2, 0.25) is 0 Å². The lowest BCUT2D eigenvalue weighted by atomic mass is 9.97. The molecule has 0 aliphatic heterocycles. The van der Waals surface area contributed by atoms with Gasteiger partial charge < -0.3 is 5.11 Å². The number of ketones is 1. The SMILES string of the molecule is CCCCCCn1c(O)c(C(=O)c2ccccc2)c(C)c(C#N)c1=O. The molecule has 0 saturated heterocycles. The molecular weight excluding hydrogens is 316 g/mol. The largest absolute Gasteiger partial charge is 0.494 e. The van der Waals surface area contributed by atoms with Crippen LogP contribution in [0.25, 0.3) is 0 Å². The molecule has 0 unspecified atom stereocenters. The Hall–Kier alpha value is -2.87. The van der Waals surface area contributed by atoms with Gasteiger partial charge in [-0.25, -0.2) is 0 Å². The number of nitrogens with zero attached hydrogens (tertiary/aromatic N) is 2. The van der Waals surface area contributed by atoms with E-state index in [-0.39, 0.29) is 29.1 Å². The van der Waals surface area contributed by atoms with Crippen molar-refractivity contribution in [2.75, 3.05) is 0 Å². The first-order valence-electron chi connectivity index (χ1n) is 8.49. The summed E-state index contributed by atoms with van der Waals surface area (Å²) >= 11 is 0. The van der Waals surface area contributed by atoms with Gasteiger partial charge in [0.1, 0.15) is 11.6 Å². The van der Waals surface area contributed by atoms with Crippen molar-refractivity contribution in [3.8, 4) is 11.9 Å². The van der Waals surface area contributed by atoms with Crippen LogP contribution in [-0.2, 0) is 6.54 Å². The number of aromatic nitrogens is 1. The second-order valence-electron chi connectivity index (χ2n) is 6.02. The van der Waals surface area contributed by atoms with E-state index in [1.165, 1.54) is 6.92 Å². The number of benzene rings is 1. The van der Waals surface area contributed by atoms with Crippen molar-refractivity contribution in [1.29, 1.82) is 5.26 Å². The molecular formula is C20H22N2O3. The van der Waals surface area contributed by atoms with Gasteiger partial charge in [-0.15, -0.1) is 0 Å². The fourth-order valence-corrected chi connectivity index (χ4v) is 2.86. The van der Waals surface area contributed by atoms with Gasteiger partial charge in [-0.1, -0.05) is 56.5 Å². The highest BCUT2D eigenvalue weighted by molar-refractivity contribution is 6.11. The number of unbranched alkanes of at least 4 members (excludes halogenated alkanes) is 3. The Morgan fingerprint density at radius 2 is 1.88 bits per heavy atom. The molecule has 2 rings (SSSR count). The third-order valence-corrected chi connectivity index (χ3v) is 4.30. The van der Waals surface area contributed by atoms with Gasteiger partial charge in [0.2, 0.25) is 5.88 Å². The molecule has 1 heterocycles. The number of nitriles is 1. The van der Waals surface area contributed by atoms with Crippen LogP contribution in [-0.4, -0.2) is 15.5 Å². The maximum atomic E-state index is 12.8. The molecule has 0 spiro atoms. The van der Waals surface area contributed by atoms with Gasteiger partial charge in [-0.05, 0) is 18.9 Å². The monoisotopic (exact) mass is 338 g/mol. The third-order valence-electron chi connectivity index (χ3n) is 4.30. The second-order valence-corrected chi connectivity index (χ2v) is 6.02. The number of aromatic hydroxyl groups is 1. The van der Waals surface area contributed by atoms with E-state index in [1.807, 2.05) is 6.07 Å². The van der Waals surface area contributed by atoms with Crippen LogP contribution in [0.1, 0.15) is 59.7 Å². The number of hydrogen-bond acceptors (Lipinski definition) is 4. The van der Waals surface area contributed by atoms with Gasteiger partial charge in [0.15, 0.2) is 5.78 Å². The Labute approximate surface area is 147 Å². The maximum Gasteiger partial charge on any atom is 0.271 e. The molecule has 130 valence electrons. The molecule has 0 aliphatic carbocycles. The zero-order valence-corrected chi connectivity index (χ0v) is 14.6. The van der Waals surface area contributed by atoms with E-state index in [1.54, 1.807) is 30.3 Å². The number of pyridine rings is 1. The molecule has 0 amide bonds. The molecule has 0 atom stereocenters. The van der Waals surface area contributed by atoms with Crippen molar-refractivity contribution < 1.29 is 9.90 Å². The Morgan fingerprint density at radius 1 is 1.20 bits per heavy atom. The minimum Gasteiger partial charge on any atom is -0.494 e. The van der Waals surface area contributed by atoms with Crippen molar-refractivity contribution in [2.45, 2.75) is 46.1 Å². The Bertz CT molecular complexity index is 861. The van der Waals surface area contributed by atoms with E-state index in [2.05, 4.69) is 6.92 Å². The molecule has 0 radical (unpaired) electrons. The highest BCUT2D eigenvalue weighted by Gasteiger charge is 2.24. The predicted molar refractivity (Wildman–Crippen MR) is 95.8 cm³/mol. The van der Waals surface area contributed by atoms with Crippen molar-refractivity contribution in [2.24, 2.45) is 0 Å². The molecule has 5 nitrogen and oxygen atoms in total. The second kappa shape index (κ2) is 8.29. The van der Waals surface area contributed by atoms with Crippen LogP contribution < -0.4 is 5.56 Å². The standard InChI is InChI=1S/C20H22N2O3/c1-3-4-5-9-12-22-19(24)16(13-21)14(2)17(20(22)25)18(23)15-10-7-6-8-11-15/h6-8,10-11,25H,3-5,9,12H2,1-2H3. The number of carbonyl (C=O) groups is 1. The topological polar surface area (TPSA) is 83.1 Å². The summed E-state index contributed by atoms with van der Waals surface area (Å²) in [6.45, 7) is 3.89. The van der Waals surface area contributed by atoms with Crippen LogP contribution in [0.3, 0.4) is 0 Å². The average Bonchev–Trinajstić information content (AvgIpc) is 2.62. The van der Waals surface area contributed by atoms with E-state index in [4.69, 9.17) is 0 Å². The van der Waals surface area contributed by atoms with E-state index < -0.39 is 11.3 Å². The minimum atomic E-state index is -0.543. The summed E-state index contributed by atoms with van der Waals surface area (Å²) in [5.41, 5.74) is 0.0219. The number of hydrogen-bond donors (Lipinski definition) is 1. The molecule has 0 bridgehead atoms. The van der Waals surface area contributed by atoms with Crippen molar-refractivity contribution in [3.63, 3.8) is 0 Å². The Morgan fingerprint density at radius 3 is 2.48 bits per heavy atom. The first-order chi connectivity index (χ1) is 12.0. The molecule has 2 aromatic rings. The van der Waals surface area contributed by atoms with Gasteiger partial charge in [0.05, 0.1) is 5.56 Å². The summed E-state index contributed by atoms with van der Waals surface area (Å²) in [5.74, 6) is -0.749. The van der Waals surface area contributed by atoms with E-state index in [0.29, 0.717) is 12.0 Å². The normalized spacial score (nSPS) is 10.4.